The van der Waals surface area contributed by atoms with Crippen LogP contribution in [-0.4, -0.2) is 21.3 Å². The third kappa shape index (κ3) is 1.17. The van der Waals surface area contributed by atoms with Crippen molar-refractivity contribution in [2.45, 2.75) is 37.8 Å². The van der Waals surface area contributed by atoms with Crippen molar-refractivity contribution in [2.75, 3.05) is 0 Å². The molecule has 2 unspecified atom stereocenters. The van der Waals surface area contributed by atoms with Crippen molar-refractivity contribution in [1.29, 1.82) is 0 Å². The number of aromatic amines is 1. The van der Waals surface area contributed by atoms with Gasteiger partial charge in [0.25, 0.3) is 0 Å². The van der Waals surface area contributed by atoms with Gasteiger partial charge in [0.15, 0.2) is 0 Å². The van der Waals surface area contributed by atoms with Gasteiger partial charge in [-0.3, -0.25) is 5.10 Å². The fraction of sp³-hybridized carbons (Fsp3) is 0.667. The lowest BCUT2D eigenvalue weighted by Gasteiger charge is -2.35. The van der Waals surface area contributed by atoms with Crippen LogP contribution in [0.3, 0.4) is 0 Å². The first-order chi connectivity index (χ1) is 6.14. The molecular formula is C9H15N3O. The molecule has 1 heterocycles. The molecule has 0 aliphatic heterocycles. The number of hydrogen-bond acceptors (Lipinski definition) is 3. The van der Waals surface area contributed by atoms with Crippen LogP contribution in [0.25, 0.3) is 0 Å². The Morgan fingerprint density at radius 1 is 1.77 bits per heavy atom. The Hall–Kier alpha value is -0.870. The molecule has 4 heteroatoms. The van der Waals surface area contributed by atoms with Gasteiger partial charge < -0.3 is 10.8 Å². The molecule has 0 aromatic carbocycles. The second-order valence-electron chi connectivity index (χ2n) is 3.83. The third-order valence-corrected chi connectivity index (χ3v) is 2.92. The molecule has 2 rings (SSSR count). The summed E-state index contributed by atoms with van der Waals surface area (Å²) in [6, 6.07) is -0.246. The third-order valence-electron chi connectivity index (χ3n) is 2.92. The maximum absolute atomic E-state index is 10.3. The maximum atomic E-state index is 10.3. The van der Waals surface area contributed by atoms with E-state index in [-0.39, 0.29) is 6.04 Å². The second kappa shape index (κ2) is 2.82. The Bertz CT molecular complexity index is 308. The summed E-state index contributed by atoms with van der Waals surface area (Å²) in [6.45, 7) is 1.84. The van der Waals surface area contributed by atoms with E-state index < -0.39 is 5.60 Å². The lowest BCUT2D eigenvalue weighted by molar-refractivity contribution is -0.00173. The lowest BCUT2D eigenvalue weighted by Crippen LogP contribution is -2.45. The normalized spacial score (nSPS) is 29.8. The number of aliphatic hydroxyl groups is 1. The van der Waals surface area contributed by atoms with E-state index in [4.69, 9.17) is 5.73 Å². The van der Waals surface area contributed by atoms with Crippen molar-refractivity contribution in [3.8, 4) is 0 Å². The largest absolute Gasteiger partial charge is 0.383 e. The quantitative estimate of drug-likeness (QED) is 0.582. The van der Waals surface area contributed by atoms with E-state index in [9.17, 15) is 5.11 Å². The van der Waals surface area contributed by atoms with E-state index in [1.165, 1.54) is 0 Å². The van der Waals surface area contributed by atoms with E-state index in [1.54, 1.807) is 6.20 Å². The molecule has 4 nitrogen and oxygen atoms in total. The van der Waals surface area contributed by atoms with Gasteiger partial charge in [-0.25, -0.2) is 0 Å². The van der Waals surface area contributed by atoms with E-state index in [0.717, 1.165) is 30.5 Å². The summed E-state index contributed by atoms with van der Waals surface area (Å²) >= 11 is 0. The van der Waals surface area contributed by atoms with Gasteiger partial charge in [-0.05, 0) is 26.2 Å². The first kappa shape index (κ1) is 8.72. The Morgan fingerprint density at radius 2 is 2.54 bits per heavy atom. The Kier molecular flexibility index (Phi) is 1.89. The Morgan fingerprint density at radius 3 is 3.23 bits per heavy atom. The monoisotopic (exact) mass is 181 g/mol. The predicted octanol–water partition coefficient (Wildman–Crippen LogP) is 0.281. The van der Waals surface area contributed by atoms with Crippen molar-refractivity contribution in [3.63, 3.8) is 0 Å². The molecule has 1 aromatic rings. The van der Waals surface area contributed by atoms with Gasteiger partial charge in [-0.2, -0.15) is 5.10 Å². The Labute approximate surface area is 77.1 Å². The van der Waals surface area contributed by atoms with Crippen LogP contribution in [0.4, 0.5) is 0 Å². The van der Waals surface area contributed by atoms with Crippen LogP contribution in [-0.2, 0) is 12.0 Å². The zero-order chi connectivity index (χ0) is 9.47. The molecule has 0 saturated carbocycles. The molecule has 13 heavy (non-hydrogen) atoms. The van der Waals surface area contributed by atoms with Crippen LogP contribution in [0, 0.1) is 0 Å². The SMILES string of the molecule is CC(N)C1(O)CCCc2[nH]ncc21. The summed E-state index contributed by atoms with van der Waals surface area (Å²) in [6.07, 6.45) is 4.35. The van der Waals surface area contributed by atoms with Crippen LogP contribution in [0.1, 0.15) is 31.0 Å². The highest BCUT2D eigenvalue weighted by atomic mass is 16.3. The zero-order valence-corrected chi connectivity index (χ0v) is 7.75. The molecule has 72 valence electrons. The van der Waals surface area contributed by atoms with Crippen molar-refractivity contribution in [1.82, 2.24) is 10.2 Å². The summed E-state index contributed by atoms with van der Waals surface area (Å²) < 4.78 is 0. The first-order valence-corrected chi connectivity index (χ1v) is 4.65. The number of nitrogens with two attached hydrogens (primary N) is 1. The number of fused-ring (bicyclic) bond motifs is 1. The Balaban J connectivity index is 2.45. The van der Waals surface area contributed by atoms with Gasteiger partial charge in [0.1, 0.15) is 5.60 Å². The van der Waals surface area contributed by atoms with Crippen LogP contribution in [0.15, 0.2) is 6.20 Å². The van der Waals surface area contributed by atoms with Gasteiger partial charge >= 0.3 is 0 Å². The van der Waals surface area contributed by atoms with Crippen LogP contribution < -0.4 is 5.73 Å². The van der Waals surface area contributed by atoms with Gasteiger partial charge in [0.05, 0.1) is 6.20 Å². The number of nitrogens with one attached hydrogen (secondary N) is 1. The van der Waals surface area contributed by atoms with Crippen molar-refractivity contribution in [2.24, 2.45) is 5.73 Å². The van der Waals surface area contributed by atoms with E-state index >= 15 is 0 Å². The molecule has 1 aromatic heterocycles. The highest BCUT2D eigenvalue weighted by Crippen LogP contribution is 2.35. The smallest absolute Gasteiger partial charge is 0.108 e. The van der Waals surface area contributed by atoms with E-state index in [0.29, 0.717) is 0 Å². The van der Waals surface area contributed by atoms with Crippen molar-refractivity contribution < 1.29 is 5.11 Å². The fourth-order valence-corrected chi connectivity index (χ4v) is 2.02. The minimum Gasteiger partial charge on any atom is -0.383 e. The molecule has 0 spiro atoms. The number of rotatable bonds is 1. The van der Waals surface area contributed by atoms with Crippen molar-refractivity contribution >= 4 is 0 Å². The standard InChI is InChI=1S/C9H15N3O/c1-6(10)9(13)4-2-3-8-7(9)5-11-12-8/h5-6,13H,2-4,10H2,1H3,(H,11,12). The molecule has 4 N–H and O–H groups in total. The average molecular weight is 181 g/mol. The minimum absolute atomic E-state index is 0.246. The molecule has 2 atom stereocenters. The summed E-state index contributed by atoms with van der Waals surface area (Å²) in [5.41, 5.74) is 6.83. The first-order valence-electron chi connectivity index (χ1n) is 4.65. The molecule has 0 fully saturated rings. The van der Waals surface area contributed by atoms with Crippen LogP contribution in [0.5, 0.6) is 0 Å². The van der Waals surface area contributed by atoms with Crippen molar-refractivity contribution in [3.05, 3.63) is 17.5 Å². The summed E-state index contributed by atoms with van der Waals surface area (Å²) in [7, 11) is 0. The number of nitrogens with zero attached hydrogens (tertiary/aromatic N) is 1. The highest BCUT2D eigenvalue weighted by molar-refractivity contribution is 5.28. The zero-order valence-electron chi connectivity index (χ0n) is 7.75. The topological polar surface area (TPSA) is 74.9 Å². The van der Waals surface area contributed by atoms with E-state index in [1.807, 2.05) is 6.92 Å². The van der Waals surface area contributed by atoms with Crippen LogP contribution >= 0.6 is 0 Å². The van der Waals surface area contributed by atoms with Gasteiger partial charge in [-0.1, -0.05) is 0 Å². The molecule has 0 radical (unpaired) electrons. The fourth-order valence-electron chi connectivity index (χ4n) is 2.02. The van der Waals surface area contributed by atoms with E-state index in [2.05, 4.69) is 10.2 Å². The lowest BCUT2D eigenvalue weighted by atomic mass is 9.78. The van der Waals surface area contributed by atoms with Gasteiger partial charge in [-0.15, -0.1) is 0 Å². The van der Waals surface area contributed by atoms with Crippen LogP contribution in [0.2, 0.25) is 0 Å². The molecule has 0 bridgehead atoms. The van der Waals surface area contributed by atoms with Gasteiger partial charge in [0, 0.05) is 17.3 Å². The summed E-state index contributed by atoms with van der Waals surface area (Å²) in [4.78, 5) is 0. The minimum atomic E-state index is -0.874. The second-order valence-corrected chi connectivity index (χ2v) is 3.83. The molecule has 1 aliphatic rings. The average Bonchev–Trinajstić information content (AvgIpc) is 2.53. The number of aryl methyl sites for hydroxylation is 1. The maximum Gasteiger partial charge on any atom is 0.108 e. The molecule has 1 aliphatic carbocycles. The molecular weight excluding hydrogens is 166 g/mol. The summed E-state index contributed by atoms with van der Waals surface area (Å²) in [5, 5.41) is 17.1. The molecule has 0 saturated heterocycles. The number of aromatic nitrogens is 2. The molecule has 0 amide bonds. The number of hydrogen-bond donors (Lipinski definition) is 3. The number of H-pyrrole nitrogens is 1. The summed E-state index contributed by atoms with van der Waals surface area (Å²) in [5.74, 6) is 0. The van der Waals surface area contributed by atoms with Gasteiger partial charge in [0.2, 0.25) is 0 Å². The highest BCUT2D eigenvalue weighted by Gasteiger charge is 2.38. The predicted molar refractivity (Wildman–Crippen MR) is 49.1 cm³/mol.